The molecule has 0 aliphatic heterocycles. The summed E-state index contributed by atoms with van der Waals surface area (Å²) in [7, 11) is 3.65. The number of aromatic amines is 1. The van der Waals surface area contributed by atoms with E-state index < -0.39 is 36.1 Å². The van der Waals surface area contributed by atoms with Gasteiger partial charge in [-0.25, -0.2) is 14.8 Å². The molecular formula is C16H18F3N5O6. The first-order chi connectivity index (χ1) is 13.8. The molecule has 0 bridgehead atoms. The maximum Gasteiger partial charge on any atom is 0.490 e. The number of hydrogen-bond acceptors (Lipinski definition) is 7. The highest BCUT2D eigenvalue weighted by Crippen LogP contribution is 2.13. The highest BCUT2D eigenvalue weighted by Gasteiger charge is 2.38. The number of halogens is 3. The smallest absolute Gasteiger partial charge is 0.480 e. The van der Waals surface area contributed by atoms with Crippen molar-refractivity contribution in [2.75, 3.05) is 33.7 Å². The average Bonchev–Trinajstić information content (AvgIpc) is 2.64. The van der Waals surface area contributed by atoms with E-state index in [0.29, 0.717) is 6.54 Å². The topological polar surface area (TPSA) is 157 Å². The van der Waals surface area contributed by atoms with Crippen LogP contribution in [-0.2, 0) is 9.59 Å². The van der Waals surface area contributed by atoms with Gasteiger partial charge in [-0.2, -0.15) is 13.2 Å². The van der Waals surface area contributed by atoms with Gasteiger partial charge in [0, 0.05) is 19.3 Å². The number of nitrogens with zero attached hydrogens (tertiary/aromatic N) is 4. The van der Waals surface area contributed by atoms with Crippen LogP contribution in [0.4, 0.5) is 13.2 Å². The van der Waals surface area contributed by atoms with Crippen molar-refractivity contribution in [3.63, 3.8) is 0 Å². The number of hydrogen-bond donors (Lipinski definition) is 3. The fourth-order valence-electron chi connectivity index (χ4n) is 1.99. The van der Waals surface area contributed by atoms with Gasteiger partial charge in [0.15, 0.2) is 5.65 Å². The third-order valence-electron chi connectivity index (χ3n) is 3.41. The largest absolute Gasteiger partial charge is 0.490 e. The molecule has 0 aliphatic carbocycles. The van der Waals surface area contributed by atoms with Crippen LogP contribution in [0.25, 0.3) is 11.0 Å². The zero-order valence-electron chi connectivity index (χ0n) is 15.8. The van der Waals surface area contributed by atoms with Crippen molar-refractivity contribution >= 4 is 28.9 Å². The normalized spacial score (nSPS) is 11.0. The Kier molecular flexibility index (Phi) is 8.40. The van der Waals surface area contributed by atoms with Gasteiger partial charge in [0.05, 0.1) is 17.3 Å². The number of rotatable bonds is 6. The number of likely N-dealkylation sites (N-methyl/N-ethyl adjacent to an activating group) is 1. The monoisotopic (exact) mass is 433 g/mol. The average molecular weight is 433 g/mol. The molecule has 11 nitrogen and oxygen atoms in total. The number of aromatic nitrogens is 3. The van der Waals surface area contributed by atoms with E-state index in [4.69, 9.17) is 15.0 Å². The van der Waals surface area contributed by atoms with Gasteiger partial charge < -0.3 is 25.0 Å². The second kappa shape index (κ2) is 10.3. The summed E-state index contributed by atoms with van der Waals surface area (Å²) in [6, 6.07) is 1.38. The molecule has 164 valence electrons. The van der Waals surface area contributed by atoms with Crippen molar-refractivity contribution in [3.8, 4) is 0 Å². The molecule has 0 aliphatic rings. The summed E-state index contributed by atoms with van der Waals surface area (Å²) in [5.74, 6) is -4.36. The lowest BCUT2D eigenvalue weighted by molar-refractivity contribution is -0.192. The minimum Gasteiger partial charge on any atom is -0.480 e. The van der Waals surface area contributed by atoms with E-state index in [0.717, 1.165) is 0 Å². The molecule has 2 rings (SSSR count). The molecule has 30 heavy (non-hydrogen) atoms. The summed E-state index contributed by atoms with van der Waals surface area (Å²) in [4.78, 5) is 57.5. The number of fused-ring (bicyclic) bond motifs is 1. The van der Waals surface area contributed by atoms with E-state index in [-0.39, 0.29) is 23.1 Å². The van der Waals surface area contributed by atoms with Gasteiger partial charge in [0.2, 0.25) is 0 Å². The maximum atomic E-state index is 12.5. The van der Waals surface area contributed by atoms with Crippen molar-refractivity contribution in [1.29, 1.82) is 0 Å². The van der Waals surface area contributed by atoms with E-state index in [1.54, 1.807) is 0 Å². The van der Waals surface area contributed by atoms with Crippen LogP contribution in [0.3, 0.4) is 0 Å². The highest BCUT2D eigenvalue weighted by atomic mass is 19.4. The van der Waals surface area contributed by atoms with Crippen molar-refractivity contribution in [1.82, 2.24) is 24.8 Å². The van der Waals surface area contributed by atoms with E-state index >= 15 is 0 Å². The SMILES string of the molecule is CN(C)CCN(CC(=O)O)C(=O)c1cnc2nc[nH]c(=O)c2c1.O=C(O)C(F)(F)F. The van der Waals surface area contributed by atoms with Gasteiger partial charge in [-0.3, -0.25) is 14.4 Å². The standard InChI is InChI=1S/C14H17N5O4.C2HF3O2/c1-18(2)3-4-19(7-11(20)21)14(23)9-5-10-12(15-6-9)16-8-17-13(10)22;3-2(4,5)1(6)7/h5-6,8H,3-4,7H2,1-2H3,(H,20,21)(H,15,16,17,22);(H,6,7). The molecule has 2 heterocycles. The molecule has 0 atom stereocenters. The summed E-state index contributed by atoms with van der Waals surface area (Å²) in [6.07, 6.45) is -2.56. The Labute approximate surface area is 166 Å². The Bertz CT molecular complexity index is 976. The summed E-state index contributed by atoms with van der Waals surface area (Å²) >= 11 is 0. The zero-order valence-corrected chi connectivity index (χ0v) is 15.8. The summed E-state index contributed by atoms with van der Waals surface area (Å²) < 4.78 is 31.7. The molecule has 2 aromatic rings. The molecule has 0 radical (unpaired) electrons. The van der Waals surface area contributed by atoms with Crippen LogP contribution >= 0.6 is 0 Å². The fourth-order valence-corrected chi connectivity index (χ4v) is 1.99. The molecule has 0 saturated carbocycles. The predicted molar refractivity (Wildman–Crippen MR) is 95.9 cm³/mol. The molecule has 0 saturated heterocycles. The number of carbonyl (C=O) groups excluding carboxylic acids is 1. The number of carboxylic acid groups (broad SMARTS) is 2. The highest BCUT2D eigenvalue weighted by molar-refractivity contribution is 5.98. The van der Waals surface area contributed by atoms with Gasteiger partial charge in [-0.05, 0) is 20.2 Å². The van der Waals surface area contributed by atoms with Crippen LogP contribution in [0.1, 0.15) is 10.4 Å². The van der Waals surface area contributed by atoms with Crippen LogP contribution in [0.2, 0.25) is 0 Å². The Morgan fingerprint density at radius 1 is 1.13 bits per heavy atom. The summed E-state index contributed by atoms with van der Waals surface area (Å²) in [6.45, 7) is 0.343. The third kappa shape index (κ3) is 7.46. The molecule has 2 aromatic heterocycles. The maximum absolute atomic E-state index is 12.5. The van der Waals surface area contributed by atoms with Crippen LogP contribution in [-0.4, -0.2) is 92.7 Å². The minimum atomic E-state index is -5.08. The lowest BCUT2D eigenvalue weighted by Crippen LogP contribution is -2.40. The number of H-pyrrole nitrogens is 1. The third-order valence-corrected chi connectivity index (χ3v) is 3.41. The van der Waals surface area contributed by atoms with E-state index in [1.165, 1.54) is 23.5 Å². The zero-order chi connectivity index (χ0) is 23.1. The molecule has 0 spiro atoms. The van der Waals surface area contributed by atoms with Crippen molar-refractivity contribution in [2.45, 2.75) is 6.18 Å². The molecular weight excluding hydrogens is 415 g/mol. The molecule has 0 unspecified atom stereocenters. The van der Waals surface area contributed by atoms with Crippen molar-refractivity contribution in [2.24, 2.45) is 0 Å². The van der Waals surface area contributed by atoms with E-state index in [1.807, 2.05) is 19.0 Å². The lowest BCUT2D eigenvalue weighted by atomic mass is 10.2. The number of pyridine rings is 1. The van der Waals surface area contributed by atoms with Crippen LogP contribution < -0.4 is 5.56 Å². The van der Waals surface area contributed by atoms with Crippen LogP contribution in [0.5, 0.6) is 0 Å². The quantitative estimate of drug-likeness (QED) is 0.572. The second-order valence-corrected chi connectivity index (χ2v) is 6.05. The van der Waals surface area contributed by atoms with Crippen molar-refractivity contribution in [3.05, 3.63) is 34.5 Å². The van der Waals surface area contributed by atoms with Crippen LogP contribution in [0.15, 0.2) is 23.4 Å². The predicted octanol–water partition coefficient (Wildman–Crippen LogP) is 0.0398. The summed E-state index contributed by atoms with van der Waals surface area (Å²) in [5.41, 5.74) is -0.0328. The van der Waals surface area contributed by atoms with Gasteiger partial charge in [0.25, 0.3) is 11.5 Å². The number of nitrogens with one attached hydrogen (secondary N) is 1. The first kappa shape index (κ1) is 24.5. The Morgan fingerprint density at radius 3 is 2.23 bits per heavy atom. The molecule has 0 fully saturated rings. The fraction of sp³-hybridized carbons (Fsp3) is 0.375. The first-order valence-corrected chi connectivity index (χ1v) is 8.12. The summed E-state index contributed by atoms with van der Waals surface area (Å²) in [5, 5.41) is 16.3. The van der Waals surface area contributed by atoms with Gasteiger partial charge in [-0.15, -0.1) is 0 Å². The van der Waals surface area contributed by atoms with Gasteiger partial charge >= 0.3 is 18.1 Å². The number of carbonyl (C=O) groups is 3. The number of alkyl halides is 3. The molecule has 3 N–H and O–H groups in total. The Morgan fingerprint density at radius 2 is 1.73 bits per heavy atom. The lowest BCUT2D eigenvalue weighted by Gasteiger charge is -2.22. The molecule has 0 aromatic carbocycles. The number of aliphatic carboxylic acids is 2. The minimum absolute atomic E-state index is 0.149. The van der Waals surface area contributed by atoms with Crippen LogP contribution in [0, 0.1) is 0 Å². The Hall–Kier alpha value is -3.55. The second-order valence-electron chi connectivity index (χ2n) is 6.05. The number of amides is 1. The first-order valence-electron chi connectivity index (χ1n) is 8.12. The number of carboxylic acids is 2. The molecule has 14 heteroatoms. The van der Waals surface area contributed by atoms with Crippen molar-refractivity contribution < 1.29 is 37.8 Å². The Balaban J connectivity index is 0.000000553. The van der Waals surface area contributed by atoms with E-state index in [2.05, 4.69) is 15.0 Å². The molecule has 1 amide bonds. The van der Waals surface area contributed by atoms with Gasteiger partial charge in [0.1, 0.15) is 6.54 Å². The van der Waals surface area contributed by atoms with E-state index in [9.17, 15) is 27.6 Å². The van der Waals surface area contributed by atoms with Gasteiger partial charge in [-0.1, -0.05) is 0 Å².